The number of methoxy groups -OCH3 is 1. The number of amides is 2. The van der Waals surface area contributed by atoms with Crippen LogP contribution in [0.2, 0.25) is 0 Å². The zero-order valence-electron chi connectivity index (χ0n) is 14.1. The van der Waals surface area contributed by atoms with Gasteiger partial charge in [-0.3, -0.25) is 9.59 Å². The maximum atomic E-state index is 12.6. The van der Waals surface area contributed by atoms with E-state index in [1.54, 1.807) is 23.8 Å². The topological polar surface area (TPSA) is 58.6 Å². The average Bonchev–Trinajstić information content (AvgIpc) is 2.95. The van der Waals surface area contributed by atoms with E-state index in [4.69, 9.17) is 4.74 Å². The minimum absolute atomic E-state index is 0.0303. The molecule has 1 saturated heterocycles. The number of nitrogens with zero attached hydrogens (tertiary/aromatic N) is 1. The summed E-state index contributed by atoms with van der Waals surface area (Å²) in [6.45, 7) is 5.82. The van der Waals surface area contributed by atoms with Crippen molar-refractivity contribution >= 4 is 23.6 Å². The number of carbonyl (C=O) groups excluding carboxylic acids is 2. The molecule has 6 heteroatoms. The molecule has 0 aromatic heterocycles. The van der Waals surface area contributed by atoms with Crippen molar-refractivity contribution in [2.24, 2.45) is 0 Å². The molecule has 1 atom stereocenters. The molecule has 0 saturated carbocycles. The second-order valence-corrected chi connectivity index (χ2v) is 7.65. The van der Waals surface area contributed by atoms with E-state index < -0.39 is 6.04 Å². The Balaban J connectivity index is 2.04. The predicted molar refractivity (Wildman–Crippen MR) is 92.6 cm³/mol. The molecule has 5 nitrogen and oxygen atoms in total. The first-order chi connectivity index (χ1) is 10.8. The predicted octanol–water partition coefficient (Wildman–Crippen LogP) is 2.05. The monoisotopic (exact) mass is 336 g/mol. The second kappa shape index (κ2) is 7.25. The van der Waals surface area contributed by atoms with Crippen molar-refractivity contribution in [3.63, 3.8) is 0 Å². The minimum Gasteiger partial charge on any atom is -0.497 e. The third kappa shape index (κ3) is 4.89. The van der Waals surface area contributed by atoms with Crippen LogP contribution in [0.3, 0.4) is 0 Å². The molecule has 2 rings (SSSR count). The minimum atomic E-state index is -0.391. The molecule has 1 N–H and O–H groups in total. The molecule has 1 aliphatic rings. The van der Waals surface area contributed by atoms with E-state index >= 15 is 0 Å². The highest BCUT2D eigenvalue weighted by atomic mass is 32.2. The molecule has 1 aromatic carbocycles. The maximum Gasteiger partial charge on any atom is 0.244 e. The summed E-state index contributed by atoms with van der Waals surface area (Å²) in [7, 11) is 1.60. The van der Waals surface area contributed by atoms with Crippen LogP contribution in [0.15, 0.2) is 24.3 Å². The normalized spacial score (nSPS) is 17.9. The van der Waals surface area contributed by atoms with Crippen molar-refractivity contribution in [2.45, 2.75) is 38.8 Å². The number of thioether (sulfide) groups is 1. The summed E-state index contributed by atoms with van der Waals surface area (Å²) in [5, 5.41) is 2.96. The number of nitrogens with one attached hydrogen (secondary N) is 1. The van der Waals surface area contributed by atoms with Crippen LogP contribution in [0.1, 0.15) is 26.3 Å². The Bertz CT molecular complexity index is 583. The van der Waals surface area contributed by atoms with Gasteiger partial charge in [0.1, 0.15) is 11.8 Å². The van der Waals surface area contributed by atoms with Crippen LogP contribution in [0.4, 0.5) is 0 Å². The molecule has 0 bridgehead atoms. The van der Waals surface area contributed by atoms with E-state index in [1.165, 1.54) is 0 Å². The first kappa shape index (κ1) is 17.7. The van der Waals surface area contributed by atoms with Gasteiger partial charge in [0, 0.05) is 11.3 Å². The molecule has 0 radical (unpaired) electrons. The molecular formula is C17H24N2O3S. The van der Waals surface area contributed by atoms with Gasteiger partial charge in [-0.15, -0.1) is 11.8 Å². The highest BCUT2D eigenvalue weighted by Crippen LogP contribution is 2.23. The SMILES string of the molecule is COc1cccc(CC(=O)N2CSC[C@@H]2C(=O)NC(C)(C)C)c1. The smallest absolute Gasteiger partial charge is 0.244 e. The number of rotatable bonds is 4. The zero-order chi connectivity index (χ0) is 17.0. The number of carbonyl (C=O) groups is 2. The van der Waals surface area contributed by atoms with Crippen LogP contribution in [0.25, 0.3) is 0 Å². The van der Waals surface area contributed by atoms with E-state index in [2.05, 4.69) is 5.32 Å². The van der Waals surface area contributed by atoms with Crippen molar-refractivity contribution < 1.29 is 14.3 Å². The van der Waals surface area contributed by atoms with Gasteiger partial charge in [-0.05, 0) is 38.5 Å². The summed E-state index contributed by atoms with van der Waals surface area (Å²) in [6.07, 6.45) is 0.275. The first-order valence-electron chi connectivity index (χ1n) is 7.62. The van der Waals surface area contributed by atoms with Gasteiger partial charge in [0.15, 0.2) is 0 Å². The zero-order valence-corrected chi connectivity index (χ0v) is 14.9. The number of ether oxygens (including phenoxy) is 1. The molecule has 0 unspecified atom stereocenters. The molecule has 1 aromatic rings. The van der Waals surface area contributed by atoms with Gasteiger partial charge < -0.3 is 15.0 Å². The number of hydrogen-bond donors (Lipinski definition) is 1. The lowest BCUT2D eigenvalue weighted by molar-refractivity contribution is -0.138. The molecule has 0 spiro atoms. The van der Waals surface area contributed by atoms with Crippen LogP contribution in [-0.2, 0) is 16.0 Å². The lowest BCUT2D eigenvalue weighted by Crippen LogP contribution is -2.52. The van der Waals surface area contributed by atoms with E-state index in [1.807, 2.05) is 45.0 Å². The summed E-state index contributed by atoms with van der Waals surface area (Å²) in [6, 6.07) is 7.07. The fourth-order valence-corrected chi connectivity index (χ4v) is 3.60. The van der Waals surface area contributed by atoms with E-state index in [0.717, 1.165) is 11.3 Å². The van der Waals surface area contributed by atoms with Gasteiger partial charge in [0.05, 0.1) is 19.4 Å². The number of benzene rings is 1. The molecule has 2 amide bonds. The van der Waals surface area contributed by atoms with Crippen LogP contribution < -0.4 is 10.1 Å². The highest BCUT2D eigenvalue weighted by Gasteiger charge is 2.35. The highest BCUT2D eigenvalue weighted by molar-refractivity contribution is 7.99. The fraction of sp³-hybridized carbons (Fsp3) is 0.529. The van der Waals surface area contributed by atoms with Gasteiger partial charge in [-0.25, -0.2) is 0 Å². The molecule has 0 aliphatic carbocycles. The van der Waals surface area contributed by atoms with Crippen LogP contribution in [-0.4, -0.2) is 47.0 Å². The molecule has 1 aliphatic heterocycles. The molecule has 1 heterocycles. The van der Waals surface area contributed by atoms with Crippen molar-refractivity contribution in [1.29, 1.82) is 0 Å². The van der Waals surface area contributed by atoms with Crippen LogP contribution in [0.5, 0.6) is 5.75 Å². The average molecular weight is 336 g/mol. The van der Waals surface area contributed by atoms with Gasteiger partial charge in [0.25, 0.3) is 0 Å². The Morgan fingerprint density at radius 1 is 1.39 bits per heavy atom. The van der Waals surface area contributed by atoms with Crippen molar-refractivity contribution in [3.8, 4) is 5.75 Å². The summed E-state index contributed by atoms with van der Waals surface area (Å²) in [5.41, 5.74) is 0.590. The Labute approximate surface area is 141 Å². The van der Waals surface area contributed by atoms with Crippen molar-refractivity contribution in [2.75, 3.05) is 18.7 Å². The standard InChI is InChI=1S/C17H24N2O3S/c1-17(2,3)18-16(21)14-10-23-11-19(14)15(20)9-12-6-5-7-13(8-12)22-4/h5-8,14H,9-11H2,1-4H3,(H,18,21)/t14-/m1/s1. The largest absolute Gasteiger partial charge is 0.497 e. The lowest BCUT2D eigenvalue weighted by Gasteiger charge is -2.27. The van der Waals surface area contributed by atoms with Crippen molar-refractivity contribution in [3.05, 3.63) is 29.8 Å². The van der Waals surface area contributed by atoms with Crippen LogP contribution in [0, 0.1) is 0 Å². The Morgan fingerprint density at radius 3 is 2.78 bits per heavy atom. The van der Waals surface area contributed by atoms with Crippen LogP contribution >= 0.6 is 11.8 Å². The van der Waals surface area contributed by atoms with Gasteiger partial charge >= 0.3 is 0 Å². The molecule has 126 valence electrons. The second-order valence-electron chi connectivity index (χ2n) is 6.65. The lowest BCUT2D eigenvalue weighted by atomic mass is 10.1. The summed E-state index contributed by atoms with van der Waals surface area (Å²) in [4.78, 5) is 26.6. The molecule has 1 fully saturated rings. The van der Waals surface area contributed by atoms with E-state index in [0.29, 0.717) is 11.6 Å². The Morgan fingerprint density at radius 2 is 2.13 bits per heavy atom. The van der Waals surface area contributed by atoms with E-state index in [9.17, 15) is 9.59 Å². The Kier molecular flexibility index (Phi) is 5.57. The first-order valence-corrected chi connectivity index (χ1v) is 8.78. The third-order valence-electron chi connectivity index (χ3n) is 3.49. The molecule has 23 heavy (non-hydrogen) atoms. The summed E-state index contributed by atoms with van der Waals surface area (Å²) in [5.74, 6) is 1.82. The van der Waals surface area contributed by atoms with E-state index in [-0.39, 0.29) is 23.8 Å². The van der Waals surface area contributed by atoms with Gasteiger partial charge in [-0.2, -0.15) is 0 Å². The quantitative estimate of drug-likeness (QED) is 0.914. The number of hydrogen-bond acceptors (Lipinski definition) is 4. The fourth-order valence-electron chi connectivity index (χ4n) is 2.42. The maximum absolute atomic E-state index is 12.6. The van der Waals surface area contributed by atoms with Crippen molar-refractivity contribution in [1.82, 2.24) is 10.2 Å². The summed E-state index contributed by atoms with van der Waals surface area (Å²) < 4.78 is 5.18. The van der Waals surface area contributed by atoms with Gasteiger partial charge in [-0.1, -0.05) is 12.1 Å². The third-order valence-corrected chi connectivity index (χ3v) is 4.51. The van der Waals surface area contributed by atoms with Gasteiger partial charge in [0.2, 0.25) is 11.8 Å². The molecular weight excluding hydrogens is 312 g/mol. The summed E-state index contributed by atoms with van der Waals surface area (Å²) >= 11 is 1.61. The Hall–Kier alpha value is -1.69.